The smallest absolute Gasteiger partial charge is 0.259 e. The molecule has 1 aromatic rings. The Kier molecular flexibility index (Phi) is 7.07. The normalized spacial score (nSPS) is 17.3. The molecule has 0 aliphatic heterocycles. The van der Waals surface area contributed by atoms with Gasteiger partial charge in [-0.2, -0.15) is 0 Å². The fraction of sp³-hybridized carbons (Fsp3) is 0.708. The second kappa shape index (κ2) is 8.61. The summed E-state index contributed by atoms with van der Waals surface area (Å²) in [7, 11) is 3.86. The highest BCUT2D eigenvalue weighted by Crippen LogP contribution is 2.44. The van der Waals surface area contributed by atoms with Crippen LogP contribution in [0.5, 0.6) is 5.75 Å². The monoisotopic (exact) mass is 405 g/mol. The predicted octanol–water partition coefficient (Wildman–Crippen LogP) is 6.47. The van der Waals surface area contributed by atoms with Crippen LogP contribution in [0, 0.1) is 5.92 Å². The number of thiocarbonyl (C=S) groups is 1. The summed E-state index contributed by atoms with van der Waals surface area (Å²) in [5.41, 5.74) is 2.80. The van der Waals surface area contributed by atoms with E-state index < -0.39 is 0 Å². The Labute approximate surface area is 177 Å². The Morgan fingerprint density at radius 3 is 1.86 bits per heavy atom. The predicted molar refractivity (Wildman–Crippen MR) is 122 cm³/mol. The van der Waals surface area contributed by atoms with E-state index in [2.05, 4.69) is 53.7 Å². The molecule has 0 aromatic heterocycles. The van der Waals surface area contributed by atoms with Gasteiger partial charge in [-0.15, -0.1) is 0 Å². The number of hydrogen-bond donors (Lipinski definition) is 1. The number of nitrogens with zero attached hydrogens (tertiary/aromatic N) is 1. The summed E-state index contributed by atoms with van der Waals surface area (Å²) >= 11 is 5.52. The highest BCUT2D eigenvalue weighted by molar-refractivity contribution is 7.80. The number of benzene rings is 1. The molecule has 1 atom stereocenters. The van der Waals surface area contributed by atoms with E-state index in [1.807, 2.05) is 19.0 Å². The summed E-state index contributed by atoms with van der Waals surface area (Å²) in [5, 5.41) is 11.6. The number of phenolic OH excluding ortho intramolecular Hbond substituents is 1. The minimum Gasteiger partial charge on any atom is -0.507 e. The van der Waals surface area contributed by atoms with Crippen molar-refractivity contribution in [2.24, 2.45) is 5.92 Å². The quantitative estimate of drug-likeness (QED) is 0.584. The van der Waals surface area contributed by atoms with E-state index >= 15 is 0 Å². The largest absolute Gasteiger partial charge is 0.507 e. The van der Waals surface area contributed by atoms with E-state index in [-0.39, 0.29) is 16.9 Å². The molecule has 158 valence electrons. The fourth-order valence-electron chi connectivity index (χ4n) is 4.05. The van der Waals surface area contributed by atoms with Crippen LogP contribution in [0.3, 0.4) is 0 Å². The topological polar surface area (TPSA) is 32.7 Å². The van der Waals surface area contributed by atoms with E-state index in [0.29, 0.717) is 16.8 Å². The molecular weight excluding hydrogens is 366 g/mol. The van der Waals surface area contributed by atoms with Crippen LogP contribution in [-0.2, 0) is 15.6 Å². The molecule has 0 bridgehead atoms. The first kappa shape index (κ1) is 23.0. The molecule has 1 aliphatic carbocycles. The van der Waals surface area contributed by atoms with E-state index in [0.717, 1.165) is 29.5 Å². The van der Waals surface area contributed by atoms with Crippen LogP contribution in [0.4, 0.5) is 0 Å². The SMILES string of the molecule is CN(C)C(=S)OC(c1cc(C(C)(C)C)c(O)c(C(C)(C)C)c1)C1CCCCC1. The van der Waals surface area contributed by atoms with Gasteiger partial charge in [-0.3, -0.25) is 0 Å². The first-order valence-electron chi connectivity index (χ1n) is 10.6. The number of aromatic hydroxyl groups is 1. The van der Waals surface area contributed by atoms with Gasteiger partial charge < -0.3 is 14.7 Å². The van der Waals surface area contributed by atoms with Crippen molar-refractivity contribution in [2.75, 3.05) is 14.1 Å². The number of ether oxygens (including phenoxy) is 1. The highest BCUT2D eigenvalue weighted by Gasteiger charge is 2.33. The molecule has 0 amide bonds. The molecule has 1 N–H and O–H groups in total. The van der Waals surface area contributed by atoms with E-state index in [4.69, 9.17) is 17.0 Å². The van der Waals surface area contributed by atoms with Gasteiger partial charge in [0.1, 0.15) is 11.9 Å². The van der Waals surface area contributed by atoms with Crippen LogP contribution in [-0.4, -0.2) is 29.3 Å². The van der Waals surface area contributed by atoms with Gasteiger partial charge in [-0.05, 0) is 64.7 Å². The minimum atomic E-state index is -0.154. The van der Waals surface area contributed by atoms with Gasteiger partial charge in [0, 0.05) is 20.0 Å². The van der Waals surface area contributed by atoms with Crippen molar-refractivity contribution in [2.45, 2.75) is 90.6 Å². The maximum atomic E-state index is 11.1. The third-order valence-corrected chi connectivity index (χ3v) is 6.21. The zero-order chi connectivity index (χ0) is 21.3. The molecule has 1 unspecified atom stereocenters. The van der Waals surface area contributed by atoms with Crippen LogP contribution >= 0.6 is 12.2 Å². The van der Waals surface area contributed by atoms with E-state index in [1.54, 1.807) is 0 Å². The van der Waals surface area contributed by atoms with Crippen LogP contribution < -0.4 is 0 Å². The molecule has 0 saturated heterocycles. The van der Waals surface area contributed by atoms with Crippen LogP contribution in [0.1, 0.15) is 96.4 Å². The molecule has 0 spiro atoms. The lowest BCUT2D eigenvalue weighted by Crippen LogP contribution is -2.29. The Morgan fingerprint density at radius 2 is 1.46 bits per heavy atom. The second-order valence-electron chi connectivity index (χ2n) is 10.6. The molecule has 0 radical (unpaired) electrons. The Balaban J connectivity index is 2.61. The molecule has 1 aliphatic rings. The lowest BCUT2D eigenvalue weighted by Gasteiger charge is -2.35. The molecular formula is C24H39NO2S. The maximum Gasteiger partial charge on any atom is 0.259 e. The third-order valence-electron chi connectivity index (χ3n) is 5.75. The van der Waals surface area contributed by atoms with Gasteiger partial charge in [0.2, 0.25) is 0 Å². The highest BCUT2D eigenvalue weighted by atomic mass is 32.1. The van der Waals surface area contributed by atoms with Crippen molar-refractivity contribution < 1.29 is 9.84 Å². The van der Waals surface area contributed by atoms with Gasteiger partial charge in [-0.1, -0.05) is 60.8 Å². The van der Waals surface area contributed by atoms with Crippen molar-refractivity contribution in [3.05, 3.63) is 28.8 Å². The number of rotatable bonds is 3. The van der Waals surface area contributed by atoms with Gasteiger partial charge in [-0.25, -0.2) is 0 Å². The fourth-order valence-corrected chi connectivity index (χ4v) is 4.16. The summed E-state index contributed by atoms with van der Waals surface area (Å²) in [5.74, 6) is 0.873. The van der Waals surface area contributed by atoms with Gasteiger partial charge >= 0.3 is 0 Å². The van der Waals surface area contributed by atoms with Crippen LogP contribution in [0.2, 0.25) is 0 Å². The standard InChI is InChI=1S/C24H39NO2S/c1-23(2,3)18-14-17(15-19(20(18)26)24(4,5)6)21(27-22(28)25(7)8)16-12-10-9-11-13-16/h14-16,21,26H,9-13H2,1-8H3. The third kappa shape index (κ3) is 5.40. The van der Waals surface area contributed by atoms with Crippen molar-refractivity contribution in [1.82, 2.24) is 4.90 Å². The average Bonchev–Trinajstić information content (AvgIpc) is 2.58. The summed E-state index contributed by atoms with van der Waals surface area (Å²) in [4.78, 5) is 1.86. The van der Waals surface area contributed by atoms with Crippen LogP contribution in [0.15, 0.2) is 12.1 Å². The van der Waals surface area contributed by atoms with Crippen molar-refractivity contribution in [1.29, 1.82) is 0 Å². The molecule has 2 rings (SSSR count). The Morgan fingerprint density at radius 1 is 1.00 bits per heavy atom. The first-order chi connectivity index (χ1) is 12.8. The summed E-state index contributed by atoms with van der Waals surface area (Å²) in [6.07, 6.45) is 6.05. The molecule has 1 saturated carbocycles. The minimum absolute atomic E-state index is 0.0713. The van der Waals surface area contributed by atoms with Gasteiger partial charge in [0.05, 0.1) is 0 Å². The molecule has 1 fully saturated rings. The molecule has 4 heteroatoms. The molecule has 1 aromatic carbocycles. The average molecular weight is 406 g/mol. The van der Waals surface area contributed by atoms with Crippen LogP contribution in [0.25, 0.3) is 0 Å². The van der Waals surface area contributed by atoms with E-state index in [1.165, 1.54) is 19.3 Å². The Hall–Kier alpha value is -1.29. The maximum absolute atomic E-state index is 11.1. The number of hydrogen-bond acceptors (Lipinski definition) is 3. The first-order valence-corrected chi connectivity index (χ1v) is 11.0. The molecule has 0 heterocycles. The van der Waals surface area contributed by atoms with Gasteiger partial charge in [0.25, 0.3) is 5.17 Å². The van der Waals surface area contributed by atoms with E-state index in [9.17, 15) is 5.11 Å². The summed E-state index contributed by atoms with van der Waals surface area (Å²) in [6.45, 7) is 12.9. The summed E-state index contributed by atoms with van der Waals surface area (Å²) < 4.78 is 6.39. The lowest BCUT2D eigenvalue weighted by atomic mass is 9.75. The van der Waals surface area contributed by atoms with Gasteiger partial charge in [0.15, 0.2) is 0 Å². The van der Waals surface area contributed by atoms with Crippen molar-refractivity contribution >= 4 is 17.4 Å². The number of phenols is 1. The lowest BCUT2D eigenvalue weighted by molar-refractivity contribution is 0.0856. The van der Waals surface area contributed by atoms with Crippen molar-refractivity contribution in [3.63, 3.8) is 0 Å². The zero-order valence-corrected chi connectivity index (χ0v) is 19.9. The summed E-state index contributed by atoms with van der Waals surface area (Å²) in [6, 6.07) is 4.31. The Bertz CT molecular complexity index is 657. The molecule has 28 heavy (non-hydrogen) atoms. The van der Waals surface area contributed by atoms with Crippen molar-refractivity contribution in [3.8, 4) is 5.75 Å². The molecule has 3 nitrogen and oxygen atoms in total. The zero-order valence-electron chi connectivity index (χ0n) is 19.1. The second-order valence-corrected chi connectivity index (χ2v) is 10.9.